The van der Waals surface area contributed by atoms with Gasteiger partial charge in [-0.1, -0.05) is 36.5 Å². The Labute approximate surface area is 123 Å². The van der Waals surface area contributed by atoms with Gasteiger partial charge in [0.15, 0.2) is 0 Å². The molecule has 3 nitrogen and oxygen atoms in total. The zero-order valence-electron chi connectivity index (χ0n) is 11.4. The average molecular weight is 297 g/mol. The molecule has 0 aromatic heterocycles. The molecule has 0 saturated carbocycles. The van der Waals surface area contributed by atoms with E-state index in [1.165, 1.54) is 0 Å². The molecule has 0 aliphatic heterocycles. The summed E-state index contributed by atoms with van der Waals surface area (Å²) in [6.07, 6.45) is -0.0691. The first-order valence-corrected chi connectivity index (χ1v) is 7.56. The van der Waals surface area contributed by atoms with Crippen LogP contribution in [0.2, 0.25) is 0 Å². The Bertz CT molecular complexity index is 443. The van der Waals surface area contributed by atoms with Gasteiger partial charge in [0, 0.05) is 11.3 Å². The molecule has 1 aromatic rings. The summed E-state index contributed by atoms with van der Waals surface area (Å²) < 4.78 is 5.16. The Hall–Kier alpha value is -1.07. The van der Waals surface area contributed by atoms with Crippen molar-refractivity contribution < 1.29 is 9.53 Å². The fourth-order valence-corrected chi connectivity index (χ4v) is 2.35. The van der Waals surface area contributed by atoms with Crippen LogP contribution in [0.5, 0.6) is 0 Å². The molecule has 1 atom stereocenters. The van der Waals surface area contributed by atoms with Crippen molar-refractivity contribution in [3.8, 4) is 0 Å². The lowest BCUT2D eigenvalue weighted by Crippen LogP contribution is -2.20. The van der Waals surface area contributed by atoms with Crippen LogP contribution in [0.1, 0.15) is 31.9 Å². The van der Waals surface area contributed by atoms with Gasteiger partial charge in [-0.2, -0.15) is 0 Å². The summed E-state index contributed by atoms with van der Waals surface area (Å²) in [6.45, 7) is 5.56. The first-order valence-electron chi connectivity index (χ1n) is 6.11. The van der Waals surface area contributed by atoms with Gasteiger partial charge in [-0.15, -0.1) is 11.8 Å². The number of hydrogen-bond donors (Lipinski definition) is 1. The third-order valence-electron chi connectivity index (χ3n) is 2.42. The number of nitrogens with two attached hydrogens (primary N) is 1. The third-order valence-corrected chi connectivity index (χ3v) is 3.85. The number of carbonyl (C=O) groups is 1. The Morgan fingerprint density at radius 2 is 1.89 bits per heavy atom. The number of rotatable bonds is 6. The van der Waals surface area contributed by atoms with Crippen LogP contribution in [0.4, 0.5) is 0 Å². The standard InChI is InChI=1S/C14H19NO2S2/c1-9(2)17-14(16)10(3)19-8-11-4-6-12(7-5-11)13(15)18/h4-7,9-10H,8H2,1-3H3,(H2,15,18). The van der Waals surface area contributed by atoms with E-state index in [1.54, 1.807) is 11.8 Å². The molecule has 1 rings (SSSR count). The van der Waals surface area contributed by atoms with E-state index in [-0.39, 0.29) is 17.3 Å². The lowest BCUT2D eigenvalue weighted by atomic mass is 10.1. The second-order valence-corrected chi connectivity index (χ2v) is 6.27. The molecule has 0 spiro atoms. The van der Waals surface area contributed by atoms with Gasteiger partial charge in [-0.05, 0) is 26.3 Å². The number of benzene rings is 1. The zero-order chi connectivity index (χ0) is 14.4. The number of esters is 1. The van der Waals surface area contributed by atoms with E-state index in [4.69, 9.17) is 22.7 Å². The van der Waals surface area contributed by atoms with Crippen LogP contribution < -0.4 is 5.73 Å². The molecule has 0 aliphatic rings. The summed E-state index contributed by atoms with van der Waals surface area (Å²) in [5.41, 5.74) is 7.53. The topological polar surface area (TPSA) is 52.3 Å². The van der Waals surface area contributed by atoms with E-state index >= 15 is 0 Å². The molecule has 2 N–H and O–H groups in total. The fourth-order valence-electron chi connectivity index (χ4n) is 1.38. The number of thioether (sulfide) groups is 1. The van der Waals surface area contributed by atoms with Crippen molar-refractivity contribution >= 4 is 34.9 Å². The second-order valence-electron chi connectivity index (χ2n) is 4.50. The van der Waals surface area contributed by atoms with Crippen LogP contribution in [0, 0.1) is 0 Å². The highest BCUT2D eigenvalue weighted by atomic mass is 32.2. The van der Waals surface area contributed by atoms with E-state index in [9.17, 15) is 4.79 Å². The van der Waals surface area contributed by atoms with Gasteiger partial charge in [0.1, 0.15) is 4.99 Å². The normalized spacial score (nSPS) is 12.2. The van der Waals surface area contributed by atoms with Crippen molar-refractivity contribution in [3.63, 3.8) is 0 Å². The van der Waals surface area contributed by atoms with Crippen LogP contribution in [0.25, 0.3) is 0 Å². The van der Waals surface area contributed by atoms with Gasteiger partial charge in [0.2, 0.25) is 0 Å². The first-order chi connectivity index (χ1) is 8.90. The van der Waals surface area contributed by atoms with Crippen molar-refractivity contribution in [2.45, 2.75) is 37.9 Å². The molecule has 0 aliphatic carbocycles. The molecule has 0 radical (unpaired) electrons. The van der Waals surface area contributed by atoms with E-state index in [0.29, 0.717) is 4.99 Å². The van der Waals surface area contributed by atoms with Crippen LogP contribution in [0.15, 0.2) is 24.3 Å². The molecule has 5 heteroatoms. The highest BCUT2D eigenvalue weighted by Crippen LogP contribution is 2.19. The minimum atomic E-state index is -0.169. The van der Waals surface area contributed by atoms with Crippen molar-refractivity contribution in [2.75, 3.05) is 0 Å². The predicted molar refractivity (Wildman–Crippen MR) is 84.3 cm³/mol. The number of hydrogen-bond acceptors (Lipinski definition) is 4. The summed E-state index contributed by atoms with van der Waals surface area (Å²) >= 11 is 6.45. The largest absolute Gasteiger partial charge is 0.462 e. The van der Waals surface area contributed by atoms with Crippen LogP contribution >= 0.6 is 24.0 Å². The van der Waals surface area contributed by atoms with Crippen molar-refractivity contribution in [3.05, 3.63) is 35.4 Å². The molecule has 0 saturated heterocycles. The Kier molecular flexibility index (Phi) is 6.31. The van der Waals surface area contributed by atoms with Crippen molar-refractivity contribution in [1.82, 2.24) is 0 Å². The first kappa shape index (κ1) is 16.0. The molecule has 1 unspecified atom stereocenters. The number of ether oxygens (including phenoxy) is 1. The molecule has 0 amide bonds. The fraction of sp³-hybridized carbons (Fsp3) is 0.429. The maximum Gasteiger partial charge on any atom is 0.319 e. The van der Waals surface area contributed by atoms with Gasteiger partial charge >= 0.3 is 5.97 Å². The van der Waals surface area contributed by atoms with Crippen LogP contribution in [-0.2, 0) is 15.3 Å². The summed E-state index contributed by atoms with van der Waals surface area (Å²) in [7, 11) is 0. The molecular weight excluding hydrogens is 278 g/mol. The lowest BCUT2D eigenvalue weighted by molar-refractivity contribution is -0.146. The van der Waals surface area contributed by atoms with Gasteiger partial charge in [0.25, 0.3) is 0 Å². The molecule has 0 bridgehead atoms. The van der Waals surface area contributed by atoms with Crippen LogP contribution in [-0.4, -0.2) is 22.3 Å². The maximum absolute atomic E-state index is 11.6. The third kappa shape index (κ3) is 5.61. The maximum atomic E-state index is 11.6. The van der Waals surface area contributed by atoms with E-state index < -0.39 is 0 Å². The monoisotopic (exact) mass is 297 g/mol. The average Bonchev–Trinajstić information content (AvgIpc) is 2.35. The van der Waals surface area contributed by atoms with Crippen molar-refractivity contribution in [1.29, 1.82) is 0 Å². The lowest BCUT2D eigenvalue weighted by Gasteiger charge is -2.13. The Morgan fingerprint density at radius 3 is 2.37 bits per heavy atom. The van der Waals surface area contributed by atoms with E-state index in [1.807, 2.05) is 45.0 Å². The van der Waals surface area contributed by atoms with Gasteiger partial charge in [-0.25, -0.2) is 0 Å². The van der Waals surface area contributed by atoms with E-state index in [0.717, 1.165) is 16.9 Å². The minimum absolute atomic E-state index is 0.0691. The van der Waals surface area contributed by atoms with Gasteiger partial charge in [0.05, 0.1) is 11.4 Å². The Balaban J connectivity index is 2.48. The zero-order valence-corrected chi connectivity index (χ0v) is 13.0. The van der Waals surface area contributed by atoms with E-state index in [2.05, 4.69) is 0 Å². The van der Waals surface area contributed by atoms with Gasteiger partial charge < -0.3 is 10.5 Å². The highest BCUT2D eigenvalue weighted by Gasteiger charge is 2.16. The predicted octanol–water partition coefficient (Wildman–Crippen LogP) is 2.89. The molecule has 19 heavy (non-hydrogen) atoms. The quantitative estimate of drug-likeness (QED) is 0.646. The number of thiocarbonyl (C=S) groups is 1. The molecular formula is C14H19NO2S2. The molecule has 0 heterocycles. The van der Waals surface area contributed by atoms with Crippen LogP contribution in [0.3, 0.4) is 0 Å². The summed E-state index contributed by atoms with van der Waals surface area (Å²) in [5.74, 6) is 0.589. The molecule has 1 aromatic carbocycles. The smallest absolute Gasteiger partial charge is 0.319 e. The minimum Gasteiger partial charge on any atom is -0.462 e. The summed E-state index contributed by atoms with van der Waals surface area (Å²) in [5, 5.41) is -0.169. The second kappa shape index (κ2) is 7.50. The summed E-state index contributed by atoms with van der Waals surface area (Å²) in [4.78, 5) is 12.0. The Morgan fingerprint density at radius 1 is 1.32 bits per heavy atom. The van der Waals surface area contributed by atoms with Crippen molar-refractivity contribution in [2.24, 2.45) is 5.73 Å². The SMILES string of the molecule is CC(C)OC(=O)C(C)SCc1ccc(C(N)=S)cc1. The van der Waals surface area contributed by atoms with Gasteiger partial charge in [-0.3, -0.25) is 4.79 Å². The number of carbonyl (C=O) groups excluding carboxylic acids is 1. The summed E-state index contributed by atoms with van der Waals surface area (Å²) in [6, 6.07) is 7.74. The molecule has 104 valence electrons. The molecule has 0 fully saturated rings. The highest BCUT2D eigenvalue weighted by molar-refractivity contribution is 7.99.